The van der Waals surface area contributed by atoms with Crippen molar-refractivity contribution in [2.24, 2.45) is 5.92 Å². The zero-order valence-corrected chi connectivity index (χ0v) is 17.2. The number of piperidine rings is 1. The zero-order chi connectivity index (χ0) is 19.5. The summed E-state index contributed by atoms with van der Waals surface area (Å²) in [6, 6.07) is 9.03. The Labute approximate surface area is 176 Å². The number of anilines is 1. The molecule has 28 heavy (non-hydrogen) atoms. The van der Waals surface area contributed by atoms with Gasteiger partial charge in [-0.25, -0.2) is 0 Å². The van der Waals surface area contributed by atoms with E-state index in [9.17, 15) is 4.79 Å². The number of nitrogens with one attached hydrogen (secondary N) is 1. The number of carbonyl (C=O) groups excluding carboxylic acids is 1. The van der Waals surface area contributed by atoms with Crippen LogP contribution in [0.15, 0.2) is 40.2 Å². The van der Waals surface area contributed by atoms with Crippen LogP contribution in [-0.4, -0.2) is 34.0 Å². The highest BCUT2D eigenvalue weighted by molar-refractivity contribution is 7.13. The topological polar surface area (TPSA) is 71.3 Å². The van der Waals surface area contributed by atoms with E-state index in [1.54, 1.807) is 29.5 Å². The van der Waals surface area contributed by atoms with Gasteiger partial charge in [-0.05, 0) is 55.6 Å². The Balaban J connectivity index is 1.28. The summed E-state index contributed by atoms with van der Waals surface area (Å²) in [6.45, 7) is 2.20. The second kappa shape index (κ2) is 8.61. The number of likely N-dealkylation sites (tertiary alicyclic amines) is 1. The Bertz CT molecular complexity index is 953. The summed E-state index contributed by atoms with van der Waals surface area (Å²) in [5, 5.41) is 9.84. The van der Waals surface area contributed by atoms with Gasteiger partial charge in [0.2, 0.25) is 17.6 Å². The van der Waals surface area contributed by atoms with Gasteiger partial charge in [-0.15, -0.1) is 11.3 Å². The van der Waals surface area contributed by atoms with Crippen molar-refractivity contribution in [1.29, 1.82) is 0 Å². The molecular weight excluding hydrogens is 419 g/mol. The van der Waals surface area contributed by atoms with Gasteiger partial charge in [0.25, 0.3) is 0 Å². The first kappa shape index (κ1) is 19.4. The van der Waals surface area contributed by atoms with Gasteiger partial charge in [0.1, 0.15) is 0 Å². The lowest BCUT2D eigenvalue weighted by atomic mass is 9.96. The van der Waals surface area contributed by atoms with Crippen LogP contribution in [0.1, 0.15) is 18.7 Å². The number of aromatic nitrogens is 2. The molecule has 1 fully saturated rings. The molecule has 3 heterocycles. The predicted molar refractivity (Wildman–Crippen MR) is 111 cm³/mol. The molecule has 0 aliphatic carbocycles. The van der Waals surface area contributed by atoms with Crippen LogP contribution in [0.3, 0.4) is 0 Å². The molecule has 9 heteroatoms. The van der Waals surface area contributed by atoms with E-state index >= 15 is 0 Å². The summed E-state index contributed by atoms with van der Waals surface area (Å²) in [5.74, 6) is 1.20. The Kier molecular flexibility index (Phi) is 5.96. The largest absolute Gasteiger partial charge is 0.338 e. The fourth-order valence-electron chi connectivity index (χ4n) is 3.19. The van der Waals surface area contributed by atoms with Gasteiger partial charge < -0.3 is 9.84 Å². The molecule has 3 aromatic rings. The molecule has 4 rings (SSSR count). The van der Waals surface area contributed by atoms with Crippen molar-refractivity contribution < 1.29 is 9.32 Å². The summed E-state index contributed by atoms with van der Waals surface area (Å²) >= 11 is 13.5. The number of carbonyl (C=O) groups is 1. The van der Waals surface area contributed by atoms with Gasteiger partial charge in [0, 0.05) is 11.6 Å². The fraction of sp³-hybridized carbons (Fsp3) is 0.316. The number of amides is 1. The van der Waals surface area contributed by atoms with E-state index in [2.05, 4.69) is 20.4 Å². The van der Waals surface area contributed by atoms with Crippen molar-refractivity contribution in [1.82, 2.24) is 15.0 Å². The second-order valence-electron chi connectivity index (χ2n) is 6.66. The van der Waals surface area contributed by atoms with Gasteiger partial charge in [-0.1, -0.05) is 34.4 Å². The first-order valence-corrected chi connectivity index (χ1v) is 10.6. The quantitative estimate of drug-likeness (QED) is 0.611. The molecule has 0 spiro atoms. The minimum atomic E-state index is -0.0323. The Morgan fingerprint density at radius 3 is 2.79 bits per heavy atom. The number of hydrogen-bond donors (Lipinski definition) is 1. The molecule has 2 aromatic heterocycles. The molecule has 1 aliphatic heterocycles. The van der Waals surface area contributed by atoms with E-state index in [-0.39, 0.29) is 11.8 Å². The van der Waals surface area contributed by atoms with Gasteiger partial charge in [0.15, 0.2) is 0 Å². The van der Waals surface area contributed by atoms with E-state index in [0.29, 0.717) is 34.0 Å². The molecule has 0 atom stereocenters. The minimum absolute atomic E-state index is 0.0100. The van der Waals surface area contributed by atoms with E-state index < -0.39 is 0 Å². The molecule has 146 valence electrons. The van der Waals surface area contributed by atoms with E-state index in [1.807, 2.05) is 17.5 Å². The third kappa shape index (κ3) is 4.55. The molecular formula is C19H18Cl2N4O2S. The number of benzene rings is 1. The van der Waals surface area contributed by atoms with Crippen molar-refractivity contribution in [3.63, 3.8) is 0 Å². The molecule has 0 unspecified atom stereocenters. The second-order valence-corrected chi connectivity index (χ2v) is 8.42. The summed E-state index contributed by atoms with van der Waals surface area (Å²) < 4.78 is 5.37. The molecule has 1 N–H and O–H groups in total. The van der Waals surface area contributed by atoms with Crippen LogP contribution in [0.25, 0.3) is 10.7 Å². The highest BCUT2D eigenvalue weighted by atomic mass is 35.5. The van der Waals surface area contributed by atoms with Crippen molar-refractivity contribution in [3.05, 3.63) is 51.6 Å². The van der Waals surface area contributed by atoms with Crippen LogP contribution >= 0.6 is 34.5 Å². The molecule has 1 saturated heterocycles. The normalized spacial score (nSPS) is 15.6. The molecule has 1 aliphatic rings. The van der Waals surface area contributed by atoms with Gasteiger partial charge >= 0.3 is 0 Å². The maximum absolute atomic E-state index is 12.5. The predicted octanol–water partition coefficient (Wildman–Crippen LogP) is 4.96. The molecule has 0 radical (unpaired) electrons. The Morgan fingerprint density at radius 2 is 2.07 bits per heavy atom. The summed E-state index contributed by atoms with van der Waals surface area (Å²) in [4.78, 5) is 20.2. The maximum atomic E-state index is 12.5. The SMILES string of the molecule is O=C(Nc1ccc(Cl)c(Cl)c1)C1CCN(Cc2nc(-c3cccs3)no2)CC1. The van der Waals surface area contributed by atoms with Gasteiger partial charge in [0.05, 0.1) is 21.5 Å². The van der Waals surface area contributed by atoms with Crippen LogP contribution in [0, 0.1) is 5.92 Å². The van der Waals surface area contributed by atoms with Crippen molar-refractivity contribution in [2.45, 2.75) is 19.4 Å². The maximum Gasteiger partial charge on any atom is 0.241 e. The lowest BCUT2D eigenvalue weighted by Gasteiger charge is -2.30. The zero-order valence-electron chi connectivity index (χ0n) is 14.9. The average molecular weight is 437 g/mol. The average Bonchev–Trinajstić information content (AvgIpc) is 3.37. The van der Waals surface area contributed by atoms with Crippen LogP contribution in [0.4, 0.5) is 5.69 Å². The third-order valence-corrected chi connectivity index (χ3v) is 6.32. The van der Waals surface area contributed by atoms with Gasteiger partial charge in [-0.3, -0.25) is 9.69 Å². The number of halogens is 2. The van der Waals surface area contributed by atoms with Crippen LogP contribution < -0.4 is 5.32 Å². The molecule has 1 aromatic carbocycles. The van der Waals surface area contributed by atoms with Crippen LogP contribution in [-0.2, 0) is 11.3 Å². The van der Waals surface area contributed by atoms with E-state index in [4.69, 9.17) is 27.7 Å². The smallest absolute Gasteiger partial charge is 0.241 e. The summed E-state index contributed by atoms with van der Waals surface area (Å²) in [6.07, 6.45) is 1.55. The molecule has 1 amide bonds. The van der Waals surface area contributed by atoms with Gasteiger partial charge in [-0.2, -0.15) is 4.98 Å². The van der Waals surface area contributed by atoms with Crippen molar-refractivity contribution >= 4 is 46.1 Å². The number of rotatable bonds is 5. The first-order chi connectivity index (χ1) is 13.6. The van der Waals surface area contributed by atoms with E-state index in [1.165, 1.54) is 0 Å². The molecule has 6 nitrogen and oxygen atoms in total. The number of hydrogen-bond acceptors (Lipinski definition) is 6. The molecule has 0 bridgehead atoms. The molecule has 0 saturated carbocycles. The Morgan fingerprint density at radius 1 is 1.25 bits per heavy atom. The first-order valence-electron chi connectivity index (χ1n) is 8.93. The Hall–Kier alpha value is -1.93. The number of thiophene rings is 1. The monoisotopic (exact) mass is 436 g/mol. The standard InChI is InChI=1S/C19H18Cl2N4O2S/c20-14-4-3-13(10-15(14)21)22-19(26)12-5-7-25(8-6-12)11-17-23-18(24-27-17)16-2-1-9-28-16/h1-4,9-10,12H,5-8,11H2,(H,22,26). The third-order valence-electron chi connectivity index (χ3n) is 4.71. The highest BCUT2D eigenvalue weighted by Crippen LogP contribution is 2.27. The van der Waals surface area contributed by atoms with Crippen molar-refractivity contribution in [2.75, 3.05) is 18.4 Å². The van der Waals surface area contributed by atoms with Crippen molar-refractivity contribution in [3.8, 4) is 10.7 Å². The lowest BCUT2D eigenvalue weighted by molar-refractivity contribution is -0.121. The minimum Gasteiger partial charge on any atom is -0.338 e. The fourth-order valence-corrected chi connectivity index (χ4v) is 4.14. The highest BCUT2D eigenvalue weighted by Gasteiger charge is 2.26. The number of nitrogens with zero attached hydrogens (tertiary/aromatic N) is 3. The van der Waals surface area contributed by atoms with Crippen LogP contribution in [0.5, 0.6) is 0 Å². The lowest BCUT2D eigenvalue weighted by Crippen LogP contribution is -2.37. The van der Waals surface area contributed by atoms with E-state index in [0.717, 1.165) is 30.8 Å². The summed E-state index contributed by atoms with van der Waals surface area (Å²) in [7, 11) is 0. The summed E-state index contributed by atoms with van der Waals surface area (Å²) in [5.41, 5.74) is 0.661. The van der Waals surface area contributed by atoms with Crippen LogP contribution in [0.2, 0.25) is 10.0 Å².